The minimum absolute atomic E-state index is 0.245. The molecule has 0 spiro atoms. The van der Waals surface area contributed by atoms with E-state index in [4.69, 9.17) is 5.26 Å². The summed E-state index contributed by atoms with van der Waals surface area (Å²) in [7, 11) is 0. The van der Waals surface area contributed by atoms with Gasteiger partial charge in [0, 0.05) is 9.99 Å². The van der Waals surface area contributed by atoms with E-state index in [1.54, 1.807) is 6.92 Å². The maximum absolute atomic E-state index is 11.3. The zero-order valence-electron chi connectivity index (χ0n) is 8.90. The van der Waals surface area contributed by atoms with E-state index >= 15 is 0 Å². The first kappa shape index (κ1) is 13.0. The third-order valence-electron chi connectivity index (χ3n) is 2.69. The van der Waals surface area contributed by atoms with Crippen molar-refractivity contribution in [3.8, 4) is 6.07 Å². The standard InChI is InChI=1S/C12H12INO2/c1-12(11(15)16,7-2-8-14)9-3-5-10(13)6-4-9/h3-6H,2,7H2,1H3,(H,15,16). The SMILES string of the molecule is CC(CCC#N)(C(=O)O)c1ccc(I)cc1. The van der Waals surface area contributed by atoms with Crippen LogP contribution < -0.4 is 0 Å². The largest absolute Gasteiger partial charge is 0.481 e. The Balaban J connectivity index is 3.07. The molecule has 0 bridgehead atoms. The first-order chi connectivity index (χ1) is 7.50. The Morgan fingerprint density at radius 2 is 2.06 bits per heavy atom. The predicted molar refractivity (Wildman–Crippen MR) is 69.0 cm³/mol. The van der Waals surface area contributed by atoms with Crippen LogP contribution in [0.5, 0.6) is 0 Å². The molecule has 0 amide bonds. The highest BCUT2D eigenvalue weighted by atomic mass is 127. The fourth-order valence-electron chi connectivity index (χ4n) is 1.50. The van der Waals surface area contributed by atoms with Gasteiger partial charge in [-0.15, -0.1) is 0 Å². The van der Waals surface area contributed by atoms with Crippen LogP contribution in [0.15, 0.2) is 24.3 Å². The van der Waals surface area contributed by atoms with E-state index in [1.807, 2.05) is 30.3 Å². The van der Waals surface area contributed by atoms with Crippen LogP contribution in [0.1, 0.15) is 25.3 Å². The molecule has 1 aromatic rings. The topological polar surface area (TPSA) is 61.1 Å². The van der Waals surface area contributed by atoms with Crippen LogP contribution in [-0.4, -0.2) is 11.1 Å². The Morgan fingerprint density at radius 1 is 1.50 bits per heavy atom. The molecule has 16 heavy (non-hydrogen) atoms. The Kier molecular flexibility index (Phi) is 4.30. The average Bonchev–Trinajstić information content (AvgIpc) is 2.26. The summed E-state index contributed by atoms with van der Waals surface area (Å²) in [6.45, 7) is 1.66. The lowest BCUT2D eigenvalue weighted by molar-refractivity contribution is -0.143. The average molecular weight is 329 g/mol. The van der Waals surface area contributed by atoms with Crippen molar-refractivity contribution in [1.82, 2.24) is 0 Å². The molecule has 1 atom stereocenters. The summed E-state index contributed by atoms with van der Waals surface area (Å²) in [5, 5.41) is 17.8. The number of rotatable bonds is 4. The molecule has 0 aromatic heterocycles. The van der Waals surface area contributed by atoms with Gasteiger partial charge >= 0.3 is 5.97 Å². The van der Waals surface area contributed by atoms with Gasteiger partial charge in [-0.25, -0.2) is 0 Å². The van der Waals surface area contributed by atoms with Crippen molar-refractivity contribution in [3.63, 3.8) is 0 Å². The van der Waals surface area contributed by atoms with Gasteiger partial charge in [-0.1, -0.05) is 12.1 Å². The van der Waals surface area contributed by atoms with Crippen LogP contribution in [0, 0.1) is 14.9 Å². The lowest BCUT2D eigenvalue weighted by Gasteiger charge is -2.24. The Hall–Kier alpha value is -1.09. The number of benzene rings is 1. The second-order valence-corrected chi connectivity index (χ2v) is 5.05. The fourth-order valence-corrected chi connectivity index (χ4v) is 1.86. The smallest absolute Gasteiger partial charge is 0.313 e. The second-order valence-electron chi connectivity index (χ2n) is 3.80. The molecule has 0 saturated carbocycles. The number of aliphatic carboxylic acids is 1. The molecule has 0 saturated heterocycles. The fraction of sp³-hybridized carbons (Fsp3) is 0.333. The van der Waals surface area contributed by atoms with E-state index in [0.717, 1.165) is 9.13 Å². The number of hydrogen-bond donors (Lipinski definition) is 1. The van der Waals surface area contributed by atoms with E-state index in [1.165, 1.54) is 0 Å². The molecule has 1 aromatic carbocycles. The van der Waals surface area contributed by atoms with Crippen molar-refractivity contribution in [2.24, 2.45) is 0 Å². The molecule has 4 heteroatoms. The molecule has 0 aliphatic rings. The Labute approximate surface area is 108 Å². The molecule has 1 N–H and O–H groups in total. The summed E-state index contributed by atoms with van der Waals surface area (Å²) < 4.78 is 1.06. The number of carboxylic acid groups (broad SMARTS) is 1. The molecule has 0 fully saturated rings. The number of hydrogen-bond acceptors (Lipinski definition) is 2. The summed E-state index contributed by atoms with van der Waals surface area (Å²) in [5.41, 5.74) is -0.226. The van der Waals surface area contributed by atoms with Crippen LogP contribution in [0.25, 0.3) is 0 Å². The molecule has 1 unspecified atom stereocenters. The lowest BCUT2D eigenvalue weighted by Crippen LogP contribution is -2.32. The van der Waals surface area contributed by atoms with Gasteiger partial charge in [-0.05, 0) is 53.6 Å². The third-order valence-corrected chi connectivity index (χ3v) is 3.41. The molecule has 0 aliphatic heterocycles. The van der Waals surface area contributed by atoms with Gasteiger partial charge < -0.3 is 5.11 Å². The van der Waals surface area contributed by atoms with Crippen LogP contribution in [0.3, 0.4) is 0 Å². The lowest BCUT2D eigenvalue weighted by atomic mass is 9.79. The zero-order chi connectivity index (χ0) is 12.2. The highest BCUT2D eigenvalue weighted by Crippen LogP contribution is 2.29. The molecular weight excluding hydrogens is 317 g/mol. The maximum Gasteiger partial charge on any atom is 0.313 e. The summed E-state index contributed by atoms with van der Waals surface area (Å²) >= 11 is 2.17. The van der Waals surface area contributed by atoms with Crippen molar-refractivity contribution in [2.45, 2.75) is 25.2 Å². The summed E-state index contributed by atoms with van der Waals surface area (Å²) in [6, 6.07) is 9.38. The predicted octanol–water partition coefficient (Wildman–Crippen LogP) is 2.94. The number of nitrogens with zero attached hydrogens (tertiary/aromatic N) is 1. The van der Waals surface area contributed by atoms with Crippen LogP contribution >= 0.6 is 22.6 Å². The summed E-state index contributed by atoms with van der Waals surface area (Å²) in [6.07, 6.45) is 0.578. The Bertz CT molecular complexity index is 422. The van der Waals surface area contributed by atoms with Gasteiger partial charge in [0.15, 0.2) is 0 Å². The zero-order valence-corrected chi connectivity index (χ0v) is 11.1. The first-order valence-corrected chi connectivity index (χ1v) is 5.95. The highest BCUT2D eigenvalue weighted by Gasteiger charge is 2.34. The number of nitriles is 1. The van der Waals surface area contributed by atoms with Crippen molar-refractivity contribution < 1.29 is 9.90 Å². The van der Waals surface area contributed by atoms with Crippen molar-refractivity contribution >= 4 is 28.6 Å². The molecule has 0 aliphatic carbocycles. The third kappa shape index (κ3) is 2.73. The van der Waals surface area contributed by atoms with Crippen molar-refractivity contribution in [1.29, 1.82) is 5.26 Å². The van der Waals surface area contributed by atoms with E-state index in [-0.39, 0.29) is 6.42 Å². The summed E-state index contributed by atoms with van der Waals surface area (Å²) in [4.78, 5) is 11.3. The molecule has 84 valence electrons. The molecule has 1 rings (SSSR count). The van der Waals surface area contributed by atoms with E-state index in [9.17, 15) is 9.90 Å². The molecule has 3 nitrogen and oxygen atoms in total. The van der Waals surface area contributed by atoms with Gasteiger partial charge in [0.2, 0.25) is 0 Å². The van der Waals surface area contributed by atoms with E-state index in [2.05, 4.69) is 22.6 Å². The Morgan fingerprint density at radius 3 is 2.50 bits per heavy atom. The molecule has 0 heterocycles. The maximum atomic E-state index is 11.3. The molecular formula is C12H12INO2. The minimum Gasteiger partial charge on any atom is -0.481 e. The van der Waals surface area contributed by atoms with Crippen molar-refractivity contribution in [3.05, 3.63) is 33.4 Å². The second kappa shape index (κ2) is 5.30. The van der Waals surface area contributed by atoms with Gasteiger partial charge in [-0.3, -0.25) is 4.79 Å². The normalized spacial score (nSPS) is 13.8. The number of carboxylic acids is 1. The first-order valence-electron chi connectivity index (χ1n) is 4.87. The highest BCUT2D eigenvalue weighted by molar-refractivity contribution is 14.1. The van der Waals surface area contributed by atoms with Gasteiger partial charge in [0.25, 0.3) is 0 Å². The van der Waals surface area contributed by atoms with Gasteiger partial charge in [0.1, 0.15) is 0 Å². The van der Waals surface area contributed by atoms with E-state index in [0.29, 0.717) is 6.42 Å². The number of carbonyl (C=O) groups is 1. The quantitative estimate of drug-likeness (QED) is 0.864. The minimum atomic E-state index is -0.972. The monoisotopic (exact) mass is 329 g/mol. The number of halogens is 1. The van der Waals surface area contributed by atoms with Crippen LogP contribution in [-0.2, 0) is 10.2 Å². The van der Waals surface area contributed by atoms with Crippen LogP contribution in [0.4, 0.5) is 0 Å². The summed E-state index contributed by atoms with van der Waals surface area (Å²) in [5.74, 6) is -0.885. The van der Waals surface area contributed by atoms with Gasteiger partial charge in [-0.2, -0.15) is 5.26 Å². The van der Waals surface area contributed by atoms with Gasteiger partial charge in [0.05, 0.1) is 11.5 Å². The van der Waals surface area contributed by atoms with Crippen LogP contribution in [0.2, 0.25) is 0 Å². The molecule has 0 radical (unpaired) electrons. The van der Waals surface area contributed by atoms with Crippen molar-refractivity contribution in [2.75, 3.05) is 0 Å². The van der Waals surface area contributed by atoms with E-state index < -0.39 is 11.4 Å².